The van der Waals surface area contributed by atoms with Crippen molar-refractivity contribution in [3.05, 3.63) is 64.3 Å². The molecule has 112 valence electrons. The van der Waals surface area contributed by atoms with Crippen molar-refractivity contribution in [3.8, 4) is 17.1 Å². The van der Waals surface area contributed by atoms with E-state index in [0.717, 1.165) is 24.8 Å². The summed E-state index contributed by atoms with van der Waals surface area (Å²) in [6.07, 6.45) is 2.91. The maximum Gasteiger partial charge on any atom is 0.294 e. The highest BCUT2D eigenvalue weighted by atomic mass is 16.5. The third-order valence-corrected chi connectivity index (χ3v) is 3.85. The first kappa shape index (κ1) is 14.4. The van der Waals surface area contributed by atoms with Gasteiger partial charge in [-0.2, -0.15) is 0 Å². The average molecular weight is 294 g/mol. The summed E-state index contributed by atoms with van der Waals surface area (Å²) in [7, 11) is 0. The molecule has 22 heavy (non-hydrogen) atoms. The van der Waals surface area contributed by atoms with E-state index in [-0.39, 0.29) is 16.9 Å². The molecule has 0 spiro atoms. The predicted octanol–water partition coefficient (Wildman–Crippen LogP) is 4.51. The van der Waals surface area contributed by atoms with Crippen molar-refractivity contribution in [2.45, 2.75) is 26.2 Å². The molecule has 0 fully saturated rings. The van der Waals surface area contributed by atoms with Gasteiger partial charge in [0.2, 0.25) is 5.43 Å². The van der Waals surface area contributed by atoms with Gasteiger partial charge in [-0.3, -0.25) is 4.79 Å². The molecular weight excluding hydrogens is 276 g/mol. The fourth-order valence-corrected chi connectivity index (χ4v) is 2.73. The number of aromatic hydroxyl groups is 1. The smallest absolute Gasteiger partial charge is 0.294 e. The Morgan fingerprint density at radius 2 is 1.82 bits per heavy atom. The molecule has 1 aromatic heterocycles. The Bertz CT molecular complexity index is 848. The Labute approximate surface area is 128 Å². The minimum absolute atomic E-state index is 0.170. The Morgan fingerprint density at radius 1 is 1.05 bits per heavy atom. The molecule has 2 aromatic carbocycles. The lowest BCUT2D eigenvalue weighted by Crippen LogP contribution is -2.08. The normalized spacial score (nSPS) is 11.0. The van der Waals surface area contributed by atoms with Gasteiger partial charge < -0.3 is 9.52 Å². The highest BCUT2D eigenvalue weighted by molar-refractivity contribution is 5.86. The summed E-state index contributed by atoms with van der Waals surface area (Å²) in [6.45, 7) is 2.12. The SMILES string of the molecule is CCCCc1cccc2oc(O)c(-c3ccccc3)c(=O)c12. The Balaban J connectivity index is 2.29. The number of unbranched alkanes of at least 4 members (excludes halogenated alkanes) is 1. The molecular formula is C19H18O3. The van der Waals surface area contributed by atoms with E-state index in [1.807, 2.05) is 30.3 Å². The maximum atomic E-state index is 12.9. The molecule has 0 aliphatic rings. The largest absolute Gasteiger partial charge is 0.480 e. The lowest BCUT2D eigenvalue weighted by Gasteiger charge is -2.09. The van der Waals surface area contributed by atoms with Crippen LogP contribution in [0.5, 0.6) is 5.95 Å². The highest BCUT2D eigenvalue weighted by Crippen LogP contribution is 2.30. The van der Waals surface area contributed by atoms with Crippen molar-refractivity contribution in [3.63, 3.8) is 0 Å². The Kier molecular flexibility index (Phi) is 3.96. The molecule has 0 saturated carbocycles. The van der Waals surface area contributed by atoms with Gasteiger partial charge in [-0.1, -0.05) is 55.8 Å². The molecule has 3 aromatic rings. The monoisotopic (exact) mass is 294 g/mol. The van der Waals surface area contributed by atoms with Crippen LogP contribution in [-0.4, -0.2) is 5.11 Å². The summed E-state index contributed by atoms with van der Waals surface area (Å²) in [6, 6.07) is 14.7. The Hall–Kier alpha value is -2.55. The first-order valence-corrected chi connectivity index (χ1v) is 7.55. The second kappa shape index (κ2) is 6.06. The molecule has 3 rings (SSSR count). The van der Waals surface area contributed by atoms with Crippen LogP contribution in [-0.2, 0) is 6.42 Å². The molecule has 0 aliphatic heterocycles. The predicted molar refractivity (Wildman–Crippen MR) is 88.2 cm³/mol. The zero-order valence-electron chi connectivity index (χ0n) is 12.5. The molecule has 1 N–H and O–H groups in total. The topological polar surface area (TPSA) is 50.4 Å². The minimum atomic E-state index is -0.323. The second-order valence-corrected chi connectivity index (χ2v) is 5.37. The highest BCUT2D eigenvalue weighted by Gasteiger charge is 2.17. The fraction of sp³-hybridized carbons (Fsp3) is 0.211. The molecule has 0 amide bonds. The summed E-state index contributed by atoms with van der Waals surface area (Å²) in [5, 5.41) is 10.7. The summed E-state index contributed by atoms with van der Waals surface area (Å²) < 4.78 is 5.50. The number of benzene rings is 2. The van der Waals surface area contributed by atoms with E-state index in [1.165, 1.54) is 0 Å². The van der Waals surface area contributed by atoms with Crippen LogP contribution < -0.4 is 5.43 Å². The first-order chi connectivity index (χ1) is 10.7. The third-order valence-electron chi connectivity index (χ3n) is 3.85. The molecule has 0 atom stereocenters. The summed E-state index contributed by atoms with van der Waals surface area (Å²) in [5.74, 6) is -0.323. The van der Waals surface area contributed by atoms with Gasteiger partial charge in [0.1, 0.15) is 11.1 Å². The summed E-state index contributed by atoms with van der Waals surface area (Å²) in [5.41, 5.74) is 2.15. The lowest BCUT2D eigenvalue weighted by molar-refractivity contribution is 0.342. The van der Waals surface area contributed by atoms with Crippen LogP contribution >= 0.6 is 0 Å². The first-order valence-electron chi connectivity index (χ1n) is 7.55. The van der Waals surface area contributed by atoms with Crippen LogP contribution in [0.1, 0.15) is 25.3 Å². The third kappa shape index (κ3) is 2.50. The fourth-order valence-electron chi connectivity index (χ4n) is 2.73. The van der Waals surface area contributed by atoms with Gasteiger partial charge in [-0.05, 0) is 30.0 Å². The van der Waals surface area contributed by atoms with Crippen molar-refractivity contribution in [2.24, 2.45) is 0 Å². The van der Waals surface area contributed by atoms with Gasteiger partial charge in [0, 0.05) is 0 Å². The molecule has 0 radical (unpaired) electrons. The van der Waals surface area contributed by atoms with Crippen molar-refractivity contribution in [2.75, 3.05) is 0 Å². The van der Waals surface area contributed by atoms with E-state index in [9.17, 15) is 9.90 Å². The van der Waals surface area contributed by atoms with Crippen LogP contribution in [0.25, 0.3) is 22.1 Å². The van der Waals surface area contributed by atoms with E-state index < -0.39 is 0 Å². The van der Waals surface area contributed by atoms with E-state index in [2.05, 4.69) is 6.92 Å². The van der Waals surface area contributed by atoms with Crippen LogP contribution in [0.4, 0.5) is 0 Å². The molecule has 1 heterocycles. The van der Waals surface area contributed by atoms with Crippen molar-refractivity contribution in [1.82, 2.24) is 0 Å². The van der Waals surface area contributed by atoms with Crippen LogP contribution in [0.2, 0.25) is 0 Å². The van der Waals surface area contributed by atoms with Crippen LogP contribution in [0.3, 0.4) is 0 Å². The van der Waals surface area contributed by atoms with E-state index in [4.69, 9.17) is 4.42 Å². The van der Waals surface area contributed by atoms with Crippen molar-refractivity contribution < 1.29 is 9.52 Å². The van der Waals surface area contributed by atoms with Gasteiger partial charge in [0.15, 0.2) is 0 Å². The van der Waals surface area contributed by atoms with Gasteiger partial charge in [-0.15, -0.1) is 0 Å². The number of rotatable bonds is 4. The number of aryl methyl sites for hydroxylation is 1. The zero-order chi connectivity index (χ0) is 15.5. The molecule has 3 heteroatoms. The van der Waals surface area contributed by atoms with Gasteiger partial charge in [-0.25, -0.2) is 0 Å². The standard InChI is InChI=1S/C19H18O3/c1-2-3-8-13-11-7-12-15-16(13)18(20)17(19(21)22-15)14-9-5-4-6-10-14/h4-7,9-12,21H,2-3,8H2,1H3. The van der Waals surface area contributed by atoms with E-state index >= 15 is 0 Å². The average Bonchev–Trinajstić information content (AvgIpc) is 2.53. The van der Waals surface area contributed by atoms with Crippen molar-refractivity contribution in [1.29, 1.82) is 0 Å². The molecule has 0 aliphatic carbocycles. The van der Waals surface area contributed by atoms with Gasteiger partial charge >= 0.3 is 0 Å². The number of hydrogen-bond donors (Lipinski definition) is 1. The Morgan fingerprint density at radius 3 is 2.55 bits per heavy atom. The summed E-state index contributed by atoms with van der Waals surface area (Å²) >= 11 is 0. The zero-order valence-corrected chi connectivity index (χ0v) is 12.5. The second-order valence-electron chi connectivity index (χ2n) is 5.37. The maximum absolute atomic E-state index is 12.9. The minimum Gasteiger partial charge on any atom is -0.480 e. The van der Waals surface area contributed by atoms with E-state index in [0.29, 0.717) is 16.5 Å². The molecule has 3 nitrogen and oxygen atoms in total. The van der Waals surface area contributed by atoms with Crippen LogP contribution in [0, 0.1) is 0 Å². The van der Waals surface area contributed by atoms with Gasteiger partial charge in [0.05, 0.1) is 5.39 Å². The van der Waals surface area contributed by atoms with Crippen LogP contribution in [0.15, 0.2) is 57.7 Å². The number of fused-ring (bicyclic) bond motifs is 1. The molecule has 0 saturated heterocycles. The van der Waals surface area contributed by atoms with E-state index in [1.54, 1.807) is 18.2 Å². The lowest BCUT2D eigenvalue weighted by atomic mass is 9.99. The summed E-state index contributed by atoms with van der Waals surface area (Å²) in [4.78, 5) is 12.9. The number of hydrogen-bond acceptors (Lipinski definition) is 3. The molecule has 0 unspecified atom stereocenters. The quantitative estimate of drug-likeness (QED) is 0.770. The van der Waals surface area contributed by atoms with Gasteiger partial charge in [0.25, 0.3) is 5.95 Å². The van der Waals surface area contributed by atoms with Crippen molar-refractivity contribution >= 4 is 11.0 Å². The molecule has 0 bridgehead atoms.